The number of pyridine rings is 4. The number of carbonyl (C=O) groups is 3. The second-order valence-electron chi connectivity index (χ2n) is 13.6. The molecule has 0 bridgehead atoms. The van der Waals surface area contributed by atoms with Crippen molar-refractivity contribution in [1.29, 1.82) is 0 Å². The zero-order valence-electron chi connectivity index (χ0n) is 32.4. The zero-order chi connectivity index (χ0) is 42.9. The number of hydrogen-bond donors (Lipinski definition) is 0. The molecule has 0 aliphatic carbocycles. The van der Waals surface area contributed by atoms with Crippen molar-refractivity contribution >= 4 is 54.6 Å². The van der Waals surface area contributed by atoms with Crippen LogP contribution in [-0.2, 0) is 49.5 Å². The molecule has 0 aromatic carbocycles. The van der Waals surface area contributed by atoms with E-state index in [4.69, 9.17) is 10.1 Å². The quantitative estimate of drug-likeness (QED) is 0.0384. The number of anilines is 1. The van der Waals surface area contributed by atoms with Gasteiger partial charge in [-0.15, -0.1) is 0 Å². The minimum Gasteiger partial charge on any atom is -0.753 e. The maximum Gasteiger partial charge on any atom is 2.00 e. The summed E-state index contributed by atoms with van der Waals surface area (Å²) in [6, 6.07) is 14.6. The van der Waals surface area contributed by atoms with Gasteiger partial charge in [0.15, 0.2) is 0 Å². The van der Waals surface area contributed by atoms with Crippen LogP contribution in [0.25, 0.3) is 51.7 Å². The van der Waals surface area contributed by atoms with Crippen LogP contribution >= 0.6 is 12.2 Å². The Morgan fingerprint density at radius 3 is 1.61 bits per heavy atom. The molecule has 0 spiro atoms. The first-order chi connectivity index (χ1) is 27.4. The van der Waals surface area contributed by atoms with Gasteiger partial charge in [-0.2, -0.15) is 18.3 Å². The molecule has 19 heteroatoms. The molecule has 0 radical (unpaired) electrons. The fourth-order valence-corrected chi connectivity index (χ4v) is 5.61. The van der Waals surface area contributed by atoms with E-state index in [0.29, 0.717) is 47.9 Å². The van der Waals surface area contributed by atoms with Crippen LogP contribution in [-0.4, -0.2) is 60.7 Å². The van der Waals surface area contributed by atoms with E-state index in [2.05, 4.69) is 98.3 Å². The molecule has 0 N–H and O–H groups in total. The summed E-state index contributed by atoms with van der Waals surface area (Å²) in [5.41, 5.74) is 3.32. The first-order valence-corrected chi connectivity index (χ1v) is 17.3. The number of thiocarbonyl (C=S) groups is 1. The number of halogens is 3. The summed E-state index contributed by atoms with van der Waals surface area (Å²) < 4.78 is 52.3. The van der Waals surface area contributed by atoms with E-state index in [0.717, 1.165) is 22.9 Å². The number of nitrogens with zero attached hydrogens (tertiary/aromatic N) is 8. The van der Waals surface area contributed by atoms with E-state index in [1.165, 1.54) is 17.7 Å². The number of isothiocyanates is 1. The molecule has 0 aliphatic rings. The van der Waals surface area contributed by atoms with E-state index in [-0.39, 0.29) is 42.0 Å². The molecule has 5 aromatic heterocycles. The summed E-state index contributed by atoms with van der Waals surface area (Å²) in [6.45, 7) is 13.5. The predicted molar refractivity (Wildman–Crippen MR) is 213 cm³/mol. The molecule has 14 nitrogen and oxygen atoms in total. The monoisotopic (exact) mass is 916 g/mol. The zero-order valence-corrected chi connectivity index (χ0v) is 34.9. The van der Waals surface area contributed by atoms with Crippen LogP contribution in [0.5, 0.6) is 5.75 Å². The first kappa shape index (κ1) is 48.9. The van der Waals surface area contributed by atoms with Gasteiger partial charge in [0.25, 0.3) is 19.4 Å². The third kappa shape index (κ3) is 15.2. The van der Waals surface area contributed by atoms with Crippen molar-refractivity contribution in [3.63, 3.8) is 0 Å². The summed E-state index contributed by atoms with van der Waals surface area (Å²) in [6.07, 6.45) is 5.88. The van der Waals surface area contributed by atoms with Crippen LogP contribution < -0.4 is 14.7 Å². The molecule has 0 aliphatic heterocycles. The molecular weight excluding hydrogens is 879 g/mol. The first-order valence-electron chi connectivity index (χ1n) is 16.9. The van der Waals surface area contributed by atoms with Crippen molar-refractivity contribution in [3.05, 3.63) is 108 Å². The van der Waals surface area contributed by atoms with Gasteiger partial charge in [-0.3, -0.25) is 29.3 Å². The standard InChI is InChI=1S/C22H15N3O6.C17H22F3N4.CNS.Ru/c26-13-29-7-3-16-1-5-23-19(9-16)21-11-18(31-15-28)12-22(25-21)20-10-17(2-6-24-20)4-8-30-14-27;1-15(2,3)24(16(4,5)6)11-7-8-21-12(9-11)13-10-14(23-22-13)17(18,19)20;2-1-3;/h1-15H;7-10H,1-6H3;;/q;2*-1;+2/b7-3+,8-4+;;;. The normalized spacial score (nSPS) is 11.1. The SMILES string of the molecule is CC(C)(C)N(c1ccnc(-c2cc(C(F)(F)F)n[n-]2)c1)C(C)(C)C.O=CO/C=C/c1ccnc(-c2cc(OC=O)cc(-c3cc(/C=C/OC=O)ccn3)n2)c1.[N-]=C=S.[Ru+2]. The van der Waals surface area contributed by atoms with Gasteiger partial charge in [0.2, 0.25) is 0 Å². The summed E-state index contributed by atoms with van der Waals surface area (Å²) in [4.78, 5) is 51.0. The van der Waals surface area contributed by atoms with Gasteiger partial charge in [0, 0.05) is 47.5 Å². The number of ether oxygens (including phenoxy) is 3. The molecule has 5 aromatic rings. The Balaban J connectivity index is 0.000000386. The van der Waals surface area contributed by atoms with Crippen LogP contribution in [0.3, 0.4) is 0 Å². The Labute approximate surface area is 356 Å². The predicted octanol–water partition coefficient (Wildman–Crippen LogP) is 8.21. The second-order valence-corrected chi connectivity index (χ2v) is 13.8. The molecule has 59 heavy (non-hydrogen) atoms. The Morgan fingerprint density at radius 2 is 1.19 bits per heavy atom. The fourth-order valence-electron chi connectivity index (χ4n) is 5.61. The van der Waals surface area contributed by atoms with Crippen LogP contribution in [0, 0.1) is 0 Å². The van der Waals surface area contributed by atoms with E-state index >= 15 is 0 Å². The molecule has 0 atom stereocenters. The topological polar surface area (TPSA) is 183 Å². The summed E-state index contributed by atoms with van der Waals surface area (Å²) in [5, 5.41) is 15.3. The third-order valence-electron chi connectivity index (χ3n) is 7.30. The molecular formula is C40H37F3N8O6RuS. The number of alkyl halides is 3. The Kier molecular flexibility index (Phi) is 18.7. The van der Waals surface area contributed by atoms with Crippen LogP contribution in [0.15, 0.2) is 85.7 Å². The Morgan fingerprint density at radius 1 is 0.712 bits per heavy atom. The molecule has 5 rings (SSSR count). The van der Waals surface area contributed by atoms with Crippen molar-refractivity contribution in [3.8, 4) is 39.9 Å². The van der Waals surface area contributed by atoms with Gasteiger partial charge in [0.05, 0.1) is 41.0 Å². The second kappa shape index (κ2) is 22.6. The van der Waals surface area contributed by atoms with E-state index < -0.39 is 11.9 Å². The Hall–Kier alpha value is -6.29. The van der Waals surface area contributed by atoms with Crippen molar-refractivity contribution in [2.24, 2.45) is 0 Å². The van der Waals surface area contributed by atoms with E-state index in [1.54, 1.807) is 73.2 Å². The Bertz CT molecular complexity index is 2170. The number of carbonyl (C=O) groups excluding carboxylic acids is 3. The minimum absolute atomic E-state index is 0. The van der Waals surface area contributed by atoms with Crippen molar-refractivity contribution in [2.75, 3.05) is 4.90 Å². The maximum absolute atomic E-state index is 12.7. The largest absolute Gasteiger partial charge is 2.00 e. The molecule has 308 valence electrons. The van der Waals surface area contributed by atoms with Crippen LogP contribution in [0.2, 0.25) is 0 Å². The van der Waals surface area contributed by atoms with Crippen molar-refractivity contribution in [1.82, 2.24) is 30.1 Å². The van der Waals surface area contributed by atoms with Gasteiger partial charge in [-0.05, 0) is 107 Å². The molecule has 0 fully saturated rings. The average Bonchev–Trinajstić information content (AvgIpc) is 3.67. The van der Waals surface area contributed by atoms with E-state index in [9.17, 15) is 27.6 Å². The van der Waals surface area contributed by atoms with Crippen molar-refractivity contribution in [2.45, 2.75) is 58.8 Å². The van der Waals surface area contributed by atoms with E-state index in [1.807, 2.05) is 6.07 Å². The molecule has 0 saturated carbocycles. The van der Waals surface area contributed by atoms with Gasteiger partial charge < -0.3 is 34.7 Å². The smallest absolute Gasteiger partial charge is 0.753 e. The molecule has 0 amide bonds. The van der Waals surface area contributed by atoms with Gasteiger partial charge in [0.1, 0.15) is 11.4 Å². The summed E-state index contributed by atoms with van der Waals surface area (Å²) in [7, 11) is 0. The van der Waals surface area contributed by atoms with Crippen molar-refractivity contribution < 1.29 is 61.2 Å². The number of aromatic nitrogens is 6. The maximum atomic E-state index is 12.7. The van der Waals surface area contributed by atoms with Gasteiger partial charge >= 0.3 is 25.7 Å². The van der Waals surface area contributed by atoms with Crippen LogP contribution in [0.1, 0.15) is 58.4 Å². The molecule has 0 unspecified atom stereocenters. The average molecular weight is 916 g/mol. The number of hydrogen-bond acceptors (Lipinski definition) is 13. The summed E-state index contributed by atoms with van der Waals surface area (Å²) in [5.74, 6) is 0.258. The number of rotatable bonds is 12. The fraction of sp³-hybridized carbons (Fsp3) is 0.225. The van der Waals surface area contributed by atoms with Gasteiger partial charge in [-0.25, -0.2) is 4.98 Å². The minimum atomic E-state index is -4.51. The third-order valence-corrected chi connectivity index (χ3v) is 7.30. The summed E-state index contributed by atoms with van der Waals surface area (Å²) >= 11 is 3.70. The van der Waals surface area contributed by atoms with Gasteiger partial charge in [-0.1, -0.05) is 17.9 Å². The molecule has 5 heterocycles. The molecule has 0 saturated heterocycles. The van der Waals surface area contributed by atoms with Crippen LogP contribution in [0.4, 0.5) is 18.9 Å².